The maximum atomic E-state index is 11.6. The number of nitrogens with one attached hydrogen (secondary N) is 2. The summed E-state index contributed by atoms with van der Waals surface area (Å²) in [5.41, 5.74) is 5.79. The van der Waals surface area contributed by atoms with Crippen LogP contribution in [0.4, 0.5) is 5.95 Å². The van der Waals surface area contributed by atoms with E-state index >= 15 is 0 Å². The Labute approximate surface area is 132 Å². The first-order valence-corrected chi connectivity index (χ1v) is 7.08. The Balaban J connectivity index is 1.70. The normalized spacial score (nSPS) is 11.0. The van der Waals surface area contributed by atoms with E-state index in [0.29, 0.717) is 17.2 Å². The smallest absolute Gasteiger partial charge is 0.255 e. The van der Waals surface area contributed by atoms with E-state index in [1.165, 1.54) is 0 Å². The van der Waals surface area contributed by atoms with Crippen LogP contribution in [0.15, 0.2) is 52.9 Å². The Hall–Kier alpha value is -3.22. The fourth-order valence-corrected chi connectivity index (χ4v) is 2.01. The first-order chi connectivity index (χ1) is 11.1. The zero-order valence-corrected chi connectivity index (χ0v) is 12.8. The summed E-state index contributed by atoms with van der Waals surface area (Å²) in [6.45, 7) is 3.52. The number of aromatic amines is 1. The maximum Gasteiger partial charge on any atom is 0.255 e. The largest absolute Gasteiger partial charge is 0.306 e. The molecule has 0 unspecified atom stereocenters. The maximum absolute atomic E-state index is 11.6. The molecule has 0 bridgehead atoms. The van der Waals surface area contributed by atoms with E-state index in [1.807, 2.05) is 35.0 Å². The number of rotatable bonds is 4. The summed E-state index contributed by atoms with van der Waals surface area (Å²) < 4.78 is 1.92. The van der Waals surface area contributed by atoms with Crippen LogP contribution in [0.1, 0.15) is 16.8 Å². The van der Waals surface area contributed by atoms with Crippen molar-refractivity contribution >= 4 is 12.2 Å². The van der Waals surface area contributed by atoms with Gasteiger partial charge < -0.3 is 4.57 Å². The standard InChI is InChI=1S/C16H16N6O/c1-11-12(2)19-16(20-15(11)23)21-18-9-13-3-5-14(6-4-13)22-8-7-17-10-22/h3-10H,1-2H3,(H2,19,20,21,23)/b18-9+. The topological polar surface area (TPSA) is 88.0 Å². The zero-order chi connectivity index (χ0) is 16.2. The molecule has 0 saturated carbocycles. The number of imidazole rings is 1. The highest BCUT2D eigenvalue weighted by Crippen LogP contribution is 2.08. The number of hydrogen-bond acceptors (Lipinski definition) is 5. The van der Waals surface area contributed by atoms with Crippen molar-refractivity contribution in [2.24, 2.45) is 5.10 Å². The van der Waals surface area contributed by atoms with Crippen molar-refractivity contribution in [1.29, 1.82) is 0 Å². The zero-order valence-electron chi connectivity index (χ0n) is 12.8. The van der Waals surface area contributed by atoms with Crippen LogP contribution in [-0.2, 0) is 0 Å². The van der Waals surface area contributed by atoms with Gasteiger partial charge in [0, 0.05) is 29.3 Å². The minimum atomic E-state index is -0.167. The minimum Gasteiger partial charge on any atom is -0.306 e. The SMILES string of the molecule is Cc1nc(N/N=C/c2ccc(-n3ccnc3)cc2)[nH]c(=O)c1C. The lowest BCUT2D eigenvalue weighted by molar-refractivity contribution is 1.01. The fourth-order valence-electron chi connectivity index (χ4n) is 2.01. The van der Waals surface area contributed by atoms with Crippen LogP contribution in [-0.4, -0.2) is 25.7 Å². The predicted molar refractivity (Wildman–Crippen MR) is 89.1 cm³/mol. The Morgan fingerprint density at radius 1 is 1.26 bits per heavy atom. The molecule has 0 fully saturated rings. The average Bonchev–Trinajstić information content (AvgIpc) is 3.07. The molecule has 0 aliphatic rings. The van der Waals surface area contributed by atoms with Crippen molar-refractivity contribution in [3.63, 3.8) is 0 Å². The van der Waals surface area contributed by atoms with E-state index in [0.717, 1.165) is 11.3 Å². The summed E-state index contributed by atoms with van der Waals surface area (Å²) in [6, 6.07) is 7.83. The summed E-state index contributed by atoms with van der Waals surface area (Å²) in [5.74, 6) is 0.324. The van der Waals surface area contributed by atoms with Gasteiger partial charge in [0.15, 0.2) is 0 Å². The monoisotopic (exact) mass is 308 g/mol. The number of anilines is 1. The van der Waals surface area contributed by atoms with Gasteiger partial charge >= 0.3 is 0 Å². The number of H-pyrrole nitrogens is 1. The summed E-state index contributed by atoms with van der Waals surface area (Å²) in [7, 11) is 0. The molecule has 0 spiro atoms. The number of nitrogens with zero attached hydrogens (tertiary/aromatic N) is 4. The van der Waals surface area contributed by atoms with Crippen LogP contribution < -0.4 is 11.0 Å². The van der Waals surface area contributed by atoms with Gasteiger partial charge in [-0.15, -0.1) is 0 Å². The first-order valence-electron chi connectivity index (χ1n) is 7.08. The molecule has 2 heterocycles. The first kappa shape index (κ1) is 14.7. The van der Waals surface area contributed by atoms with Crippen molar-refractivity contribution in [1.82, 2.24) is 19.5 Å². The van der Waals surface area contributed by atoms with E-state index < -0.39 is 0 Å². The van der Waals surface area contributed by atoms with Crippen molar-refractivity contribution < 1.29 is 0 Å². The molecule has 0 radical (unpaired) electrons. The lowest BCUT2D eigenvalue weighted by atomic mass is 10.2. The second-order valence-electron chi connectivity index (χ2n) is 5.06. The molecule has 7 nitrogen and oxygen atoms in total. The van der Waals surface area contributed by atoms with Crippen molar-refractivity contribution in [2.75, 3.05) is 5.43 Å². The quantitative estimate of drug-likeness (QED) is 0.570. The second-order valence-corrected chi connectivity index (χ2v) is 5.06. The third-order valence-electron chi connectivity index (χ3n) is 3.47. The summed E-state index contributed by atoms with van der Waals surface area (Å²) in [4.78, 5) is 22.5. The van der Waals surface area contributed by atoms with E-state index in [-0.39, 0.29) is 5.56 Å². The van der Waals surface area contributed by atoms with Gasteiger partial charge in [-0.3, -0.25) is 9.78 Å². The van der Waals surface area contributed by atoms with Gasteiger partial charge in [0.2, 0.25) is 5.95 Å². The molecule has 7 heteroatoms. The molecule has 0 aliphatic carbocycles. The van der Waals surface area contributed by atoms with E-state index in [4.69, 9.17) is 0 Å². The van der Waals surface area contributed by atoms with Gasteiger partial charge in [-0.1, -0.05) is 12.1 Å². The molecule has 0 amide bonds. The van der Waals surface area contributed by atoms with Crippen LogP contribution in [0.2, 0.25) is 0 Å². The molecule has 0 atom stereocenters. The van der Waals surface area contributed by atoms with Gasteiger partial charge in [0.05, 0.1) is 12.5 Å². The van der Waals surface area contributed by atoms with Gasteiger partial charge in [-0.05, 0) is 31.5 Å². The van der Waals surface area contributed by atoms with Crippen LogP contribution in [0.5, 0.6) is 0 Å². The molecular weight excluding hydrogens is 292 g/mol. The molecule has 23 heavy (non-hydrogen) atoms. The molecular formula is C16H16N6O. The fraction of sp³-hybridized carbons (Fsp3) is 0.125. The molecule has 0 aliphatic heterocycles. The molecule has 2 aromatic heterocycles. The Morgan fingerprint density at radius 3 is 2.70 bits per heavy atom. The highest BCUT2D eigenvalue weighted by molar-refractivity contribution is 5.80. The highest BCUT2D eigenvalue weighted by Gasteiger charge is 2.02. The molecule has 116 valence electrons. The van der Waals surface area contributed by atoms with Crippen molar-refractivity contribution in [3.8, 4) is 5.69 Å². The molecule has 2 N–H and O–H groups in total. The second kappa shape index (κ2) is 6.27. The number of benzene rings is 1. The minimum absolute atomic E-state index is 0.167. The van der Waals surface area contributed by atoms with Gasteiger partial charge in [-0.2, -0.15) is 5.10 Å². The Bertz CT molecular complexity index is 878. The lowest BCUT2D eigenvalue weighted by Crippen LogP contribution is -2.15. The molecule has 1 aromatic carbocycles. The van der Waals surface area contributed by atoms with Crippen LogP contribution >= 0.6 is 0 Å². The molecule has 3 aromatic rings. The number of hydrazone groups is 1. The van der Waals surface area contributed by atoms with Crippen molar-refractivity contribution in [2.45, 2.75) is 13.8 Å². The van der Waals surface area contributed by atoms with Crippen LogP contribution in [0.3, 0.4) is 0 Å². The third kappa shape index (κ3) is 3.34. The molecule has 0 saturated heterocycles. The summed E-state index contributed by atoms with van der Waals surface area (Å²) >= 11 is 0. The summed E-state index contributed by atoms with van der Waals surface area (Å²) in [5, 5.41) is 4.09. The van der Waals surface area contributed by atoms with Gasteiger partial charge in [0.25, 0.3) is 5.56 Å². The van der Waals surface area contributed by atoms with E-state index in [1.54, 1.807) is 32.6 Å². The Kier molecular flexibility index (Phi) is 4.01. The van der Waals surface area contributed by atoms with Crippen molar-refractivity contribution in [3.05, 3.63) is 70.2 Å². The summed E-state index contributed by atoms with van der Waals surface area (Å²) in [6.07, 6.45) is 7.02. The van der Waals surface area contributed by atoms with Gasteiger partial charge in [0.1, 0.15) is 0 Å². The Morgan fingerprint density at radius 2 is 2.04 bits per heavy atom. The lowest BCUT2D eigenvalue weighted by Gasteiger charge is -2.03. The number of aromatic nitrogens is 4. The van der Waals surface area contributed by atoms with Crippen LogP contribution in [0, 0.1) is 13.8 Å². The third-order valence-corrected chi connectivity index (χ3v) is 3.47. The predicted octanol–water partition coefficient (Wildman–Crippen LogP) is 2.02. The van der Waals surface area contributed by atoms with E-state index in [2.05, 4.69) is 25.5 Å². The molecule has 3 rings (SSSR count). The average molecular weight is 308 g/mol. The number of aryl methyl sites for hydroxylation is 1. The van der Waals surface area contributed by atoms with Crippen LogP contribution in [0.25, 0.3) is 5.69 Å². The van der Waals surface area contributed by atoms with Gasteiger partial charge in [-0.25, -0.2) is 15.4 Å². The number of hydrogen-bond donors (Lipinski definition) is 2. The highest BCUT2D eigenvalue weighted by atomic mass is 16.1. The van der Waals surface area contributed by atoms with E-state index in [9.17, 15) is 4.79 Å².